The molecule has 35 heavy (non-hydrogen) atoms. The molecular formula is C25H21F2N3O4S. The second-order valence-corrected chi connectivity index (χ2v) is 8.39. The van der Waals surface area contributed by atoms with Gasteiger partial charge in [-0.2, -0.15) is 0 Å². The van der Waals surface area contributed by atoms with Crippen LogP contribution in [0, 0.1) is 18.6 Å². The second kappa shape index (κ2) is 10.1. The van der Waals surface area contributed by atoms with Crippen molar-refractivity contribution in [2.75, 3.05) is 13.7 Å². The van der Waals surface area contributed by atoms with Gasteiger partial charge < -0.3 is 14.8 Å². The number of nitrogens with zero attached hydrogens (tertiary/aromatic N) is 2. The van der Waals surface area contributed by atoms with Crippen molar-refractivity contribution in [3.05, 3.63) is 92.4 Å². The summed E-state index contributed by atoms with van der Waals surface area (Å²) < 4.78 is 38.5. The van der Waals surface area contributed by atoms with Crippen LogP contribution in [0.3, 0.4) is 0 Å². The zero-order valence-electron chi connectivity index (χ0n) is 19.1. The lowest BCUT2D eigenvalue weighted by molar-refractivity contribution is -0.138. The Morgan fingerprint density at radius 1 is 1.11 bits per heavy atom. The molecule has 3 aromatic rings. The Balaban J connectivity index is 1.95. The van der Waals surface area contributed by atoms with Gasteiger partial charge in [-0.1, -0.05) is 18.2 Å². The van der Waals surface area contributed by atoms with Crippen molar-refractivity contribution in [3.63, 3.8) is 0 Å². The summed E-state index contributed by atoms with van der Waals surface area (Å²) in [6.45, 7) is 3.20. The van der Waals surface area contributed by atoms with E-state index in [1.807, 2.05) is 0 Å². The van der Waals surface area contributed by atoms with Gasteiger partial charge in [0.25, 0.3) is 0 Å². The molecule has 1 unspecified atom stereocenters. The Morgan fingerprint density at radius 3 is 2.49 bits per heavy atom. The van der Waals surface area contributed by atoms with E-state index >= 15 is 0 Å². The molecule has 0 spiro atoms. The van der Waals surface area contributed by atoms with E-state index in [0.717, 1.165) is 6.07 Å². The Labute approximate surface area is 204 Å². The molecule has 0 amide bonds. The summed E-state index contributed by atoms with van der Waals surface area (Å²) in [6, 6.07) is 7.83. The molecule has 0 fully saturated rings. The molecule has 180 valence electrons. The van der Waals surface area contributed by atoms with Gasteiger partial charge in [0, 0.05) is 11.6 Å². The summed E-state index contributed by atoms with van der Waals surface area (Å²) in [4.78, 5) is 34.1. The topological polar surface area (TPSA) is 89.9 Å². The highest BCUT2D eigenvalue weighted by Crippen LogP contribution is 2.38. The number of ether oxygens (including phenoxy) is 2. The van der Waals surface area contributed by atoms with Crippen LogP contribution in [0.15, 0.2) is 58.5 Å². The molecule has 2 aromatic carbocycles. The van der Waals surface area contributed by atoms with Gasteiger partial charge in [0.2, 0.25) is 0 Å². The summed E-state index contributed by atoms with van der Waals surface area (Å²) in [5, 5.41) is 5.48. The van der Waals surface area contributed by atoms with Gasteiger partial charge in [-0.25, -0.2) is 23.4 Å². The standard InChI is InChI=1S/C25H21F2N3O4S/c1-4-34-25(32)18-20(14-5-7-15(8-6-14)24(31)33-3)29-22(23-28-11-12-35-23)30-21(18)16-9-10-17(26)19(27)13(16)2/h5-12,21H,4H2,1-3H3,(H,29,30). The molecule has 1 aliphatic rings. The van der Waals surface area contributed by atoms with Gasteiger partial charge in [0.15, 0.2) is 22.5 Å². The minimum Gasteiger partial charge on any atom is -0.465 e. The number of aliphatic imine (C=N–C) groups is 1. The number of amidine groups is 1. The van der Waals surface area contributed by atoms with Crippen LogP contribution in [0.5, 0.6) is 0 Å². The van der Waals surface area contributed by atoms with Crippen molar-refractivity contribution in [2.24, 2.45) is 4.99 Å². The zero-order chi connectivity index (χ0) is 25.1. The summed E-state index contributed by atoms with van der Waals surface area (Å²) in [7, 11) is 1.28. The number of nitrogens with one attached hydrogen (secondary N) is 1. The monoisotopic (exact) mass is 497 g/mol. The predicted molar refractivity (Wildman–Crippen MR) is 127 cm³/mol. The van der Waals surface area contributed by atoms with E-state index in [4.69, 9.17) is 9.47 Å². The first-order chi connectivity index (χ1) is 16.8. The molecule has 1 aromatic heterocycles. The van der Waals surface area contributed by atoms with Crippen LogP contribution >= 0.6 is 11.3 Å². The van der Waals surface area contributed by atoms with Crippen molar-refractivity contribution < 1.29 is 27.8 Å². The Morgan fingerprint density at radius 2 is 1.86 bits per heavy atom. The number of carbonyl (C=O) groups excluding carboxylic acids is 2. The molecule has 1 N–H and O–H groups in total. The number of aromatic nitrogens is 1. The maximum Gasteiger partial charge on any atom is 0.338 e. The number of halogens is 2. The first-order valence-electron chi connectivity index (χ1n) is 10.6. The molecule has 0 saturated heterocycles. The SMILES string of the molecule is CCOC(=O)C1=C(c2ccc(C(=O)OC)cc2)NC(c2nccs2)=NC1c1ccc(F)c(F)c1C. The number of carbonyl (C=O) groups is 2. The van der Waals surface area contributed by atoms with Crippen LogP contribution in [0.4, 0.5) is 8.78 Å². The highest BCUT2D eigenvalue weighted by atomic mass is 32.1. The molecule has 1 aliphatic heterocycles. The first-order valence-corrected chi connectivity index (χ1v) is 11.5. The lowest BCUT2D eigenvalue weighted by Crippen LogP contribution is -2.33. The number of thiazole rings is 1. The number of methoxy groups -OCH3 is 1. The third-order valence-electron chi connectivity index (χ3n) is 5.45. The fraction of sp³-hybridized carbons (Fsp3) is 0.200. The van der Waals surface area contributed by atoms with Crippen LogP contribution in [-0.2, 0) is 14.3 Å². The van der Waals surface area contributed by atoms with E-state index in [1.54, 1.807) is 42.8 Å². The van der Waals surface area contributed by atoms with Crippen LogP contribution in [0.2, 0.25) is 0 Å². The molecule has 0 bridgehead atoms. The van der Waals surface area contributed by atoms with E-state index in [0.29, 0.717) is 33.2 Å². The quantitative estimate of drug-likeness (QED) is 0.502. The highest BCUT2D eigenvalue weighted by molar-refractivity contribution is 7.11. The van der Waals surface area contributed by atoms with Gasteiger partial charge in [0.1, 0.15) is 6.04 Å². The summed E-state index contributed by atoms with van der Waals surface area (Å²) in [5.74, 6) is -2.82. The van der Waals surface area contributed by atoms with E-state index in [2.05, 4.69) is 15.3 Å². The van der Waals surface area contributed by atoms with Crippen molar-refractivity contribution in [3.8, 4) is 0 Å². The molecule has 10 heteroatoms. The predicted octanol–water partition coefficient (Wildman–Crippen LogP) is 4.58. The third kappa shape index (κ3) is 4.69. The summed E-state index contributed by atoms with van der Waals surface area (Å²) in [5.41, 5.74) is 1.69. The number of benzene rings is 2. The fourth-order valence-electron chi connectivity index (χ4n) is 3.73. The number of esters is 2. The Bertz CT molecular complexity index is 1340. The Hall–Kier alpha value is -3.92. The van der Waals surface area contributed by atoms with Crippen LogP contribution in [0.25, 0.3) is 5.70 Å². The number of rotatable bonds is 6. The van der Waals surface area contributed by atoms with Gasteiger partial charge >= 0.3 is 11.9 Å². The summed E-state index contributed by atoms with van der Waals surface area (Å²) in [6.07, 6.45) is 1.61. The number of hydrogen-bond donors (Lipinski definition) is 1. The summed E-state index contributed by atoms with van der Waals surface area (Å²) >= 11 is 1.32. The minimum absolute atomic E-state index is 0.0290. The minimum atomic E-state index is -1.01. The maximum absolute atomic E-state index is 14.5. The van der Waals surface area contributed by atoms with E-state index in [9.17, 15) is 18.4 Å². The van der Waals surface area contributed by atoms with Crippen molar-refractivity contribution >= 4 is 34.8 Å². The smallest absolute Gasteiger partial charge is 0.338 e. The molecule has 0 saturated carbocycles. The van der Waals surface area contributed by atoms with Gasteiger partial charge in [-0.05, 0) is 48.7 Å². The van der Waals surface area contributed by atoms with Gasteiger partial charge in [0.05, 0.1) is 30.6 Å². The van der Waals surface area contributed by atoms with E-state index < -0.39 is 29.6 Å². The fourth-order valence-corrected chi connectivity index (χ4v) is 4.31. The van der Waals surface area contributed by atoms with E-state index in [-0.39, 0.29) is 17.7 Å². The van der Waals surface area contributed by atoms with E-state index in [1.165, 1.54) is 31.4 Å². The normalized spacial score (nSPS) is 15.3. The average molecular weight is 498 g/mol. The molecular weight excluding hydrogens is 476 g/mol. The molecule has 0 radical (unpaired) electrons. The van der Waals surface area contributed by atoms with Gasteiger partial charge in [-0.15, -0.1) is 11.3 Å². The average Bonchev–Trinajstić information content (AvgIpc) is 3.41. The third-order valence-corrected chi connectivity index (χ3v) is 6.22. The molecule has 0 aliphatic carbocycles. The van der Waals surface area contributed by atoms with Gasteiger partial charge in [-0.3, -0.25) is 4.99 Å². The van der Waals surface area contributed by atoms with Crippen molar-refractivity contribution in [1.82, 2.24) is 10.3 Å². The van der Waals surface area contributed by atoms with Crippen LogP contribution in [0.1, 0.15) is 45.0 Å². The van der Waals surface area contributed by atoms with Crippen molar-refractivity contribution in [2.45, 2.75) is 19.9 Å². The van der Waals surface area contributed by atoms with Crippen LogP contribution < -0.4 is 5.32 Å². The molecule has 4 rings (SSSR count). The first kappa shape index (κ1) is 24.2. The molecule has 1 atom stereocenters. The lowest BCUT2D eigenvalue weighted by Gasteiger charge is -2.28. The molecule has 7 nitrogen and oxygen atoms in total. The molecule has 2 heterocycles. The largest absolute Gasteiger partial charge is 0.465 e. The highest BCUT2D eigenvalue weighted by Gasteiger charge is 2.35. The second-order valence-electron chi connectivity index (χ2n) is 7.50. The van der Waals surface area contributed by atoms with Crippen molar-refractivity contribution in [1.29, 1.82) is 0 Å². The zero-order valence-corrected chi connectivity index (χ0v) is 19.9. The maximum atomic E-state index is 14.5. The number of hydrogen-bond acceptors (Lipinski definition) is 8. The lowest BCUT2D eigenvalue weighted by atomic mass is 9.90. The Kier molecular flexibility index (Phi) is 7.02. The van der Waals surface area contributed by atoms with Crippen LogP contribution in [-0.4, -0.2) is 36.5 Å².